The Labute approximate surface area is 161 Å². The number of carbonyl (C=O) groups is 2. The van der Waals surface area contributed by atoms with Crippen LogP contribution in [0.1, 0.15) is 0 Å². The fourth-order valence-corrected chi connectivity index (χ4v) is 2.83. The van der Waals surface area contributed by atoms with Crippen molar-refractivity contribution in [1.82, 2.24) is 0 Å². The molecule has 1 aliphatic rings. The number of nitrogens with zero attached hydrogens (tertiary/aromatic N) is 2. The molecule has 0 unspecified atom stereocenters. The molecule has 0 spiro atoms. The van der Waals surface area contributed by atoms with Crippen molar-refractivity contribution in [2.45, 2.75) is 0 Å². The van der Waals surface area contributed by atoms with Gasteiger partial charge in [0.25, 0.3) is 5.91 Å². The van der Waals surface area contributed by atoms with Crippen LogP contribution in [0, 0.1) is 10.1 Å². The number of halogens is 1. The van der Waals surface area contributed by atoms with Gasteiger partial charge in [-0.2, -0.15) is 0 Å². The fraction of sp³-hybridized carbons (Fsp3) is 0.176. The minimum absolute atomic E-state index is 0.223. The lowest BCUT2D eigenvalue weighted by molar-refractivity contribution is -0.385. The Kier molecular flexibility index (Phi) is 5.26. The zero-order valence-corrected chi connectivity index (χ0v) is 15.6. The second kappa shape index (κ2) is 7.62. The van der Waals surface area contributed by atoms with Crippen LogP contribution in [-0.2, 0) is 9.59 Å². The largest absolute Gasteiger partial charge is 0.496 e. The summed E-state index contributed by atoms with van der Waals surface area (Å²) in [6.07, 6.45) is 0. The van der Waals surface area contributed by atoms with E-state index in [2.05, 4.69) is 15.9 Å². The molecule has 0 N–H and O–H groups in total. The van der Waals surface area contributed by atoms with Gasteiger partial charge in [0.1, 0.15) is 18.0 Å². The highest BCUT2D eigenvalue weighted by Crippen LogP contribution is 2.35. The molecule has 0 saturated carbocycles. The summed E-state index contributed by atoms with van der Waals surface area (Å²) in [6, 6.07) is 8.85. The van der Waals surface area contributed by atoms with Gasteiger partial charge < -0.3 is 14.2 Å². The van der Waals surface area contributed by atoms with E-state index < -0.39 is 29.0 Å². The number of nitro benzene ring substituents is 1. The van der Waals surface area contributed by atoms with Gasteiger partial charge in [0.15, 0.2) is 6.61 Å². The molecule has 0 atom stereocenters. The van der Waals surface area contributed by atoms with Crippen molar-refractivity contribution in [1.29, 1.82) is 0 Å². The maximum atomic E-state index is 12.3. The van der Waals surface area contributed by atoms with Crippen LogP contribution in [0.25, 0.3) is 0 Å². The number of nitro groups is 1. The number of carbonyl (C=O) groups excluding carboxylic acids is 2. The molecule has 1 heterocycles. The summed E-state index contributed by atoms with van der Waals surface area (Å²) in [7, 11) is 1.37. The van der Waals surface area contributed by atoms with Gasteiger partial charge in [-0.15, -0.1) is 0 Å². The Morgan fingerprint density at radius 1 is 1.33 bits per heavy atom. The maximum absolute atomic E-state index is 12.3. The molecule has 0 aromatic heterocycles. The van der Waals surface area contributed by atoms with Gasteiger partial charge in [-0.3, -0.25) is 19.8 Å². The van der Waals surface area contributed by atoms with E-state index in [-0.39, 0.29) is 18.1 Å². The van der Waals surface area contributed by atoms with E-state index in [4.69, 9.17) is 14.2 Å². The normalized spacial score (nSPS) is 12.8. The minimum Gasteiger partial charge on any atom is -0.496 e. The summed E-state index contributed by atoms with van der Waals surface area (Å²) >= 11 is 3.30. The molecular weight excluding hydrogens is 424 g/mol. The number of methoxy groups -OCH3 is 1. The third-order valence-electron chi connectivity index (χ3n) is 3.74. The van der Waals surface area contributed by atoms with Crippen LogP contribution in [0.2, 0.25) is 0 Å². The van der Waals surface area contributed by atoms with Gasteiger partial charge in [-0.1, -0.05) is 15.9 Å². The van der Waals surface area contributed by atoms with Crippen molar-refractivity contribution >= 4 is 39.2 Å². The summed E-state index contributed by atoms with van der Waals surface area (Å²) in [5.74, 6) is -0.794. The summed E-state index contributed by atoms with van der Waals surface area (Å²) in [6.45, 7) is -0.639. The molecule has 27 heavy (non-hydrogen) atoms. The number of esters is 1. The Hall–Kier alpha value is -3.14. The predicted molar refractivity (Wildman–Crippen MR) is 97.3 cm³/mol. The molecular formula is C17H13BrN2O7. The number of fused-ring (bicyclic) bond motifs is 1. The number of benzene rings is 2. The zero-order valence-electron chi connectivity index (χ0n) is 14.0. The highest BCUT2D eigenvalue weighted by molar-refractivity contribution is 9.10. The van der Waals surface area contributed by atoms with Crippen molar-refractivity contribution in [3.05, 3.63) is 51.0 Å². The van der Waals surface area contributed by atoms with Crippen molar-refractivity contribution < 1.29 is 28.7 Å². The van der Waals surface area contributed by atoms with Crippen LogP contribution < -0.4 is 19.1 Å². The van der Waals surface area contributed by atoms with Crippen LogP contribution in [0.4, 0.5) is 11.4 Å². The van der Waals surface area contributed by atoms with Crippen molar-refractivity contribution in [3.8, 4) is 17.2 Å². The van der Waals surface area contributed by atoms with Gasteiger partial charge in [-0.05, 0) is 30.3 Å². The molecule has 0 aliphatic carbocycles. The molecule has 3 rings (SSSR count). The highest BCUT2D eigenvalue weighted by Gasteiger charge is 2.29. The van der Waals surface area contributed by atoms with Crippen LogP contribution >= 0.6 is 15.9 Å². The number of anilines is 1. The first-order valence-electron chi connectivity index (χ1n) is 7.65. The van der Waals surface area contributed by atoms with Crippen LogP contribution in [0.5, 0.6) is 17.2 Å². The van der Waals surface area contributed by atoms with Crippen LogP contribution in [0.3, 0.4) is 0 Å². The van der Waals surface area contributed by atoms with E-state index in [1.54, 1.807) is 18.2 Å². The van der Waals surface area contributed by atoms with E-state index >= 15 is 0 Å². The SMILES string of the molecule is COc1ccc(OC(=O)CN2C(=O)COc3cc(Br)ccc32)c([N+](=O)[O-])c1. The number of ether oxygens (including phenoxy) is 3. The van der Waals surface area contributed by atoms with Crippen LogP contribution in [-0.4, -0.2) is 37.1 Å². The first-order valence-corrected chi connectivity index (χ1v) is 8.44. The Balaban J connectivity index is 1.81. The zero-order chi connectivity index (χ0) is 19.6. The average molecular weight is 437 g/mol. The smallest absolute Gasteiger partial charge is 0.331 e. The van der Waals surface area contributed by atoms with Crippen LogP contribution in [0.15, 0.2) is 40.9 Å². The molecule has 9 nitrogen and oxygen atoms in total. The van der Waals surface area contributed by atoms with Gasteiger partial charge in [0, 0.05) is 4.47 Å². The van der Waals surface area contributed by atoms with Crippen molar-refractivity contribution in [2.75, 3.05) is 25.2 Å². The first kappa shape index (κ1) is 18.6. The number of hydrogen-bond donors (Lipinski definition) is 0. The summed E-state index contributed by atoms with van der Waals surface area (Å²) in [4.78, 5) is 36.2. The first-order chi connectivity index (χ1) is 12.9. The molecule has 0 saturated heterocycles. The summed E-state index contributed by atoms with van der Waals surface area (Å²) < 4.78 is 16.2. The molecule has 0 radical (unpaired) electrons. The maximum Gasteiger partial charge on any atom is 0.331 e. The molecule has 2 aromatic carbocycles. The highest BCUT2D eigenvalue weighted by atomic mass is 79.9. The lowest BCUT2D eigenvalue weighted by Crippen LogP contribution is -2.43. The third-order valence-corrected chi connectivity index (χ3v) is 4.23. The van der Waals surface area contributed by atoms with E-state index in [1.807, 2.05) is 0 Å². The van der Waals surface area contributed by atoms with Gasteiger partial charge >= 0.3 is 11.7 Å². The standard InChI is InChI=1S/C17H13BrN2O7/c1-25-11-3-5-14(13(7-11)20(23)24)27-17(22)8-19-12-4-2-10(18)6-15(12)26-9-16(19)21/h2-7H,8-9H2,1H3. The summed E-state index contributed by atoms with van der Waals surface area (Å²) in [5.41, 5.74) is -0.00374. The molecule has 0 fully saturated rings. The van der Waals surface area contributed by atoms with E-state index in [1.165, 1.54) is 24.1 Å². The van der Waals surface area contributed by atoms with Gasteiger partial charge in [0.2, 0.25) is 5.75 Å². The van der Waals surface area contributed by atoms with E-state index in [0.717, 1.165) is 10.5 Å². The number of rotatable bonds is 5. The Bertz CT molecular complexity index is 931. The average Bonchev–Trinajstić information content (AvgIpc) is 2.64. The van der Waals surface area contributed by atoms with Gasteiger partial charge in [-0.25, -0.2) is 4.79 Å². The monoisotopic (exact) mass is 436 g/mol. The van der Waals surface area contributed by atoms with Crippen molar-refractivity contribution in [3.63, 3.8) is 0 Å². The molecule has 2 aromatic rings. The number of hydrogen-bond acceptors (Lipinski definition) is 7. The minimum atomic E-state index is -0.826. The Morgan fingerprint density at radius 2 is 2.11 bits per heavy atom. The number of amides is 1. The quantitative estimate of drug-likeness (QED) is 0.306. The molecule has 140 valence electrons. The van der Waals surface area contributed by atoms with Crippen molar-refractivity contribution in [2.24, 2.45) is 0 Å². The lowest BCUT2D eigenvalue weighted by atomic mass is 10.2. The molecule has 10 heteroatoms. The predicted octanol–water partition coefficient (Wildman–Crippen LogP) is 2.70. The second-order valence-corrected chi connectivity index (χ2v) is 6.36. The molecule has 1 amide bonds. The second-order valence-electron chi connectivity index (χ2n) is 5.45. The Morgan fingerprint density at radius 3 is 2.81 bits per heavy atom. The third kappa shape index (κ3) is 4.00. The van der Waals surface area contributed by atoms with E-state index in [9.17, 15) is 19.7 Å². The summed E-state index contributed by atoms with van der Waals surface area (Å²) in [5, 5.41) is 11.2. The van der Waals surface area contributed by atoms with Gasteiger partial charge in [0.05, 0.1) is 23.8 Å². The van der Waals surface area contributed by atoms with E-state index in [0.29, 0.717) is 11.4 Å². The molecule has 1 aliphatic heterocycles. The lowest BCUT2D eigenvalue weighted by Gasteiger charge is -2.28. The molecule has 0 bridgehead atoms. The topological polar surface area (TPSA) is 108 Å². The fourth-order valence-electron chi connectivity index (χ4n) is 2.49.